The molecule has 0 spiro atoms. The largest absolute Gasteiger partial charge is 0.346 e. The lowest BCUT2D eigenvalue weighted by atomic mass is 10.2. The Morgan fingerprint density at radius 1 is 1.13 bits per heavy atom. The zero-order valence-electron chi connectivity index (χ0n) is 12.8. The highest BCUT2D eigenvalue weighted by molar-refractivity contribution is 9.10. The van der Waals surface area contributed by atoms with Crippen LogP contribution in [-0.2, 0) is 6.54 Å². The van der Waals surface area contributed by atoms with E-state index in [0.717, 1.165) is 48.0 Å². The average Bonchev–Trinajstić information content (AvgIpc) is 2.56. The van der Waals surface area contributed by atoms with Gasteiger partial charge in [-0.05, 0) is 48.1 Å². The predicted molar refractivity (Wildman–Crippen MR) is 101 cm³/mol. The molecule has 1 fully saturated rings. The summed E-state index contributed by atoms with van der Waals surface area (Å²) in [6, 6.07) is 12.2. The number of halogens is 1. The molecule has 3 rings (SSSR count). The minimum Gasteiger partial charge on any atom is -0.346 e. The number of hydrogen-bond donors (Lipinski definition) is 1. The molecule has 0 atom stereocenters. The third-order valence-electron chi connectivity index (χ3n) is 3.89. The molecule has 1 N–H and O–H groups in total. The van der Waals surface area contributed by atoms with Crippen LogP contribution in [0.1, 0.15) is 5.56 Å². The van der Waals surface area contributed by atoms with Gasteiger partial charge < -0.3 is 10.2 Å². The minimum atomic E-state index is 0.798. The van der Waals surface area contributed by atoms with Crippen molar-refractivity contribution in [3.05, 3.63) is 58.8 Å². The first-order valence-corrected chi connectivity index (χ1v) is 8.83. The molecule has 1 aromatic carbocycles. The van der Waals surface area contributed by atoms with Crippen LogP contribution in [0.4, 0.5) is 5.69 Å². The summed E-state index contributed by atoms with van der Waals surface area (Å²) in [7, 11) is 0. The summed E-state index contributed by atoms with van der Waals surface area (Å²) >= 11 is 9.02. The summed E-state index contributed by atoms with van der Waals surface area (Å²) < 4.78 is 1.05. The van der Waals surface area contributed by atoms with Crippen LogP contribution in [0.2, 0.25) is 0 Å². The first-order chi connectivity index (χ1) is 11.2. The maximum Gasteiger partial charge on any atom is 0.173 e. The summed E-state index contributed by atoms with van der Waals surface area (Å²) in [4.78, 5) is 8.75. The Morgan fingerprint density at radius 2 is 1.87 bits per heavy atom. The molecule has 2 heterocycles. The molecule has 1 aliphatic heterocycles. The number of nitrogens with one attached hydrogen (secondary N) is 1. The molecule has 1 aliphatic rings. The van der Waals surface area contributed by atoms with Crippen LogP contribution in [-0.4, -0.2) is 46.1 Å². The molecule has 0 bridgehead atoms. The first-order valence-electron chi connectivity index (χ1n) is 7.63. The van der Waals surface area contributed by atoms with Gasteiger partial charge in [0.1, 0.15) is 0 Å². The van der Waals surface area contributed by atoms with E-state index < -0.39 is 0 Å². The first kappa shape index (κ1) is 16.4. The second kappa shape index (κ2) is 7.86. The normalized spacial score (nSPS) is 15.4. The second-order valence-electron chi connectivity index (χ2n) is 5.56. The van der Waals surface area contributed by atoms with Crippen molar-refractivity contribution in [2.75, 3.05) is 31.5 Å². The number of hydrogen-bond acceptors (Lipinski definition) is 3. The lowest BCUT2D eigenvalue weighted by Gasteiger charge is -2.36. The number of thiocarbonyl (C=S) groups is 1. The number of piperazine rings is 1. The fraction of sp³-hybridized carbons (Fsp3) is 0.294. The molecule has 1 saturated heterocycles. The molecule has 0 aliphatic carbocycles. The van der Waals surface area contributed by atoms with Gasteiger partial charge in [0.25, 0.3) is 0 Å². The smallest absolute Gasteiger partial charge is 0.173 e. The molecular formula is C17H19BrN4S. The van der Waals surface area contributed by atoms with Gasteiger partial charge in [-0.1, -0.05) is 22.0 Å². The van der Waals surface area contributed by atoms with Gasteiger partial charge in [0.05, 0.1) is 0 Å². The van der Waals surface area contributed by atoms with Gasteiger partial charge in [-0.15, -0.1) is 0 Å². The van der Waals surface area contributed by atoms with E-state index in [9.17, 15) is 0 Å². The molecule has 0 unspecified atom stereocenters. The van der Waals surface area contributed by atoms with Crippen molar-refractivity contribution in [1.29, 1.82) is 0 Å². The van der Waals surface area contributed by atoms with Crippen LogP contribution in [0.3, 0.4) is 0 Å². The second-order valence-corrected chi connectivity index (χ2v) is 6.86. The number of benzene rings is 1. The van der Waals surface area contributed by atoms with Crippen LogP contribution < -0.4 is 5.32 Å². The third kappa shape index (κ3) is 4.73. The quantitative estimate of drug-likeness (QED) is 0.812. The van der Waals surface area contributed by atoms with E-state index in [1.165, 1.54) is 5.56 Å². The van der Waals surface area contributed by atoms with Gasteiger partial charge in [0, 0.05) is 55.3 Å². The molecule has 6 heteroatoms. The molecular weight excluding hydrogens is 372 g/mol. The van der Waals surface area contributed by atoms with Crippen molar-refractivity contribution in [2.24, 2.45) is 0 Å². The predicted octanol–water partition coefficient (Wildman–Crippen LogP) is 3.36. The van der Waals surface area contributed by atoms with Crippen LogP contribution in [0.5, 0.6) is 0 Å². The van der Waals surface area contributed by atoms with Crippen LogP contribution >= 0.6 is 28.1 Å². The Morgan fingerprint density at radius 3 is 2.57 bits per heavy atom. The lowest BCUT2D eigenvalue weighted by molar-refractivity contribution is 0.177. The Hall–Kier alpha value is -1.50. The number of pyridine rings is 1. The van der Waals surface area contributed by atoms with E-state index in [1.807, 2.05) is 36.7 Å². The summed E-state index contributed by atoms with van der Waals surface area (Å²) in [6.07, 6.45) is 3.70. The van der Waals surface area contributed by atoms with E-state index in [2.05, 4.69) is 48.2 Å². The number of anilines is 1. The third-order valence-corrected chi connectivity index (χ3v) is 4.74. The molecule has 120 valence electrons. The van der Waals surface area contributed by atoms with Crippen LogP contribution in [0.15, 0.2) is 53.3 Å². The molecule has 2 aromatic rings. The molecule has 4 nitrogen and oxygen atoms in total. The summed E-state index contributed by atoms with van der Waals surface area (Å²) in [5.41, 5.74) is 2.33. The zero-order chi connectivity index (χ0) is 16.1. The fourth-order valence-electron chi connectivity index (χ4n) is 2.62. The van der Waals surface area contributed by atoms with Gasteiger partial charge in [-0.25, -0.2) is 0 Å². The van der Waals surface area contributed by atoms with Crippen molar-refractivity contribution >= 4 is 38.9 Å². The van der Waals surface area contributed by atoms with Gasteiger partial charge >= 0.3 is 0 Å². The zero-order valence-corrected chi connectivity index (χ0v) is 15.2. The van der Waals surface area contributed by atoms with Crippen molar-refractivity contribution in [1.82, 2.24) is 14.8 Å². The monoisotopic (exact) mass is 390 g/mol. The van der Waals surface area contributed by atoms with Gasteiger partial charge in [0.15, 0.2) is 5.11 Å². The molecule has 0 radical (unpaired) electrons. The number of rotatable bonds is 3. The highest BCUT2D eigenvalue weighted by atomic mass is 79.9. The standard InChI is InChI=1S/C17H19BrN4S/c18-15-2-1-3-16(12-15)20-17(23)22-10-8-21(9-11-22)13-14-4-6-19-7-5-14/h1-7,12H,8-11,13H2,(H,20,23). The minimum absolute atomic E-state index is 0.798. The highest BCUT2D eigenvalue weighted by Crippen LogP contribution is 2.16. The Bertz CT molecular complexity index is 657. The topological polar surface area (TPSA) is 31.4 Å². The summed E-state index contributed by atoms with van der Waals surface area (Å²) in [6.45, 7) is 4.91. The van der Waals surface area contributed by atoms with E-state index in [1.54, 1.807) is 0 Å². The summed E-state index contributed by atoms with van der Waals surface area (Å²) in [5.74, 6) is 0. The maximum atomic E-state index is 5.54. The van der Waals surface area contributed by atoms with E-state index in [0.29, 0.717) is 0 Å². The van der Waals surface area contributed by atoms with Crippen molar-refractivity contribution in [3.8, 4) is 0 Å². The van der Waals surface area contributed by atoms with Crippen molar-refractivity contribution < 1.29 is 0 Å². The van der Waals surface area contributed by atoms with Gasteiger partial charge in [-0.2, -0.15) is 0 Å². The van der Waals surface area contributed by atoms with E-state index in [-0.39, 0.29) is 0 Å². The Balaban J connectivity index is 1.49. The molecule has 0 amide bonds. The summed E-state index contributed by atoms with van der Waals surface area (Å²) in [5, 5.41) is 4.12. The Kier molecular flexibility index (Phi) is 5.59. The van der Waals surface area contributed by atoms with Gasteiger partial charge in [-0.3, -0.25) is 9.88 Å². The SMILES string of the molecule is S=C(Nc1cccc(Br)c1)N1CCN(Cc2ccncc2)CC1. The highest BCUT2D eigenvalue weighted by Gasteiger charge is 2.19. The van der Waals surface area contributed by atoms with E-state index in [4.69, 9.17) is 12.2 Å². The molecule has 23 heavy (non-hydrogen) atoms. The van der Waals surface area contributed by atoms with Crippen molar-refractivity contribution in [2.45, 2.75) is 6.54 Å². The number of nitrogens with zero attached hydrogens (tertiary/aromatic N) is 3. The Labute approximate surface area is 150 Å². The maximum absolute atomic E-state index is 5.54. The van der Waals surface area contributed by atoms with Crippen LogP contribution in [0, 0.1) is 0 Å². The lowest BCUT2D eigenvalue weighted by Crippen LogP contribution is -2.49. The number of aromatic nitrogens is 1. The molecule has 0 saturated carbocycles. The average molecular weight is 391 g/mol. The van der Waals surface area contributed by atoms with Crippen LogP contribution in [0.25, 0.3) is 0 Å². The van der Waals surface area contributed by atoms with E-state index >= 15 is 0 Å². The molecule has 1 aromatic heterocycles. The van der Waals surface area contributed by atoms with Gasteiger partial charge in [0.2, 0.25) is 0 Å². The fourth-order valence-corrected chi connectivity index (χ4v) is 3.32. The van der Waals surface area contributed by atoms with Crippen molar-refractivity contribution in [3.63, 3.8) is 0 Å².